The minimum absolute atomic E-state index is 0.0755. The van der Waals surface area contributed by atoms with Crippen LogP contribution in [0.4, 0.5) is 0 Å². The van der Waals surface area contributed by atoms with Crippen LogP contribution in [0.5, 0.6) is 0 Å². The number of benzene rings is 1. The molecule has 0 saturated carbocycles. The molecule has 0 atom stereocenters. The van der Waals surface area contributed by atoms with Gasteiger partial charge in [-0.25, -0.2) is 4.68 Å². The SMILES string of the molecule is Cc1ccccc1-n1ccc(C(C)(C)CN)n1. The summed E-state index contributed by atoms with van der Waals surface area (Å²) in [7, 11) is 0. The Kier molecular flexibility index (Phi) is 3.03. The Bertz CT molecular complexity index is 512. The number of hydrogen-bond donors (Lipinski definition) is 1. The number of nitrogens with two attached hydrogens (primary N) is 1. The maximum atomic E-state index is 5.77. The zero-order valence-corrected chi connectivity index (χ0v) is 10.6. The lowest BCUT2D eigenvalue weighted by Crippen LogP contribution is -2.28. The molecule has 0 aliphatic rings. The topological polar surface area (TPSA) is 43.8 Å². The van der Waals surface area contributed by atoms with Crippen molar-refractivity contribution in [3.63, 3.8) is 0 Å². The average molecular weight is 229 g/mol. The van der Waals surface area contributed by atoms with Gasteiger partial charge in [-0.2, -0.15) is 5.10 Å². The van der Waals surface area contributed by atoms with E-state index in [-0.39, 0.29) is 5.41 Å². The summed E-state index contributed by atoms with van der Waals surface area (Å²) in [6, 6.07) is 10.3. The lowest BCUT2D eigenvalue weighted by Gasteiger charge is -2.19. The molecule has 1 aromatic heterocycles. The molecule has 2 rings (SSSR count). The third kappa shape index (κ3) is 2.24. The second-order valence-corrected chi connectivity index (χ2v) is 5.02. The van der Waals surface area contributed by atoms with E-state index in [4.69, 9.17) is 5.73 Å². The highest BCUT2D eigenvalue weighted by Gasteiger charge is 2.21. The summed E-state index contributed by atoms with van der Waals surface area (Å²) < 4.78 is 1.92. The van der Waals surface area contributed by atoms with Gasteiger partial charge in [0.15, 0.2) is 0 Å². The number of rotatable bonds is 3. The molecule has 0 fully saturated rings. The molecule has 2 N–H and O–H groups in total. The van der Waals surface area contributed by atoms with E-state index in [9.17, 15) is 0 Å². The van der Waals surface area contributed by atoms with E-state index >= 15 is 0 Å². The Morgan fingerprint density at radius 3 is 2.59 bits per heavy atom. The van der Waals surface area contributed by atoms with Crippen LogP contribution >= 0.6 is 0 Å². The van der Waals surface area contributed by atoms with Crippen molar-refractivity contribution in [1.29, 1.82) is 0 Å². The van der Waals surface area contributed by atoms with E-state index in [1.807, 2.05) is 29.1 Å². The first kappa shape index (κ1) is 11.9. The van der Waals surface area contributed by atoms with Crippen molar-refractivity contribution in [1.82, 2.24) is 9.78 Å². The smallest absolute Gasteiger partial charge is 0.0697 e. The van der Waals surface area contributed by atoms with Crippen LogP contribution in [0, 0.1) is 6.92 Å². The largest absolute Gasteiger partial charge is 0.330 e. The second kappa shape index (κ2) is 4.34. The molecule has 0 amide bonds. The molecule has 2 aromatic rings. The first-order valence-corrected chi connectivity index (χ1v) is 5.87. The summed E-state index contributed by atoms with van der Waals surface area (Å²) in [6.07, 6.45) is 2.00. The van der Waals surface area contributed by atoms with E-state index in [0.717, 1.165) is 11.4 Å². The predicted molar refractivity (Wildman–Crippen MR) is 70.4 cm³/mol. The van der Waals surface area contributed by atoms with Crippen LogP contribution < -0.4 is 5.73 Å². The summed E-state index contributed by atoms with van der Waals surface area (Å²) in [5.41, 5.74) is 9.05. The fourth-order valence-corrected chi connectivity index (χ4v) is 1.74. The van der Waals surface area contributed by atoms with Gasteiger partial charge in [0, 0.05) is 18.2 Å². The quantitative estimate of drug-likeness (QED) is 0.878. The van der Waals surface area contributed by atoms with Crippen molar-refractivity contribution in [2.45, 2.75) is 26.2 Å². The monoisotopic (exact) mass is 229 g/mol. The zero-order chi connectivity index (χ0) is 12.5. The van der Waals surface area contributed by atoms with Crippen molar-refractivity contribution in [2.24, 2.45) is 5.73 Å². The number of hydrogen-bond acceptors (Lipinski definition) is 2. The number of para-hydroxylation sites is 1. The molecule has 0 saturated heterocycles. The summed E-state index contributed by atoms with van der Waals surface area (Å²) >= 11 is 0. The molecule has 0 aliphatic carbocycles. The fourth-order valence-electron chi connectivity index (χ4n) is 1.74. The Hall–Kier alpha value is -1.61. The molecule has 0 unspecified atom stereocenters. The molecule has 0 spiro atoms. The van der Waals surface area contributed by atoms with Gasteiger partial charge < -0.3 is 5.73 Å². The Morgan fingerprint density at radius 1 is 1.24 bits per heavy atom. The van der Waals surface area contributed by atoms with E-state index < -0.39 is 0 Å². The van der Waals surface area contributed by atoms with Crippen LogP contribution in [-0.2, 0) is 5.41 Å². The van der Waals surface area contributed by atoms with Crippen LogP contribution in [0.15, 0.2) is 36.5 Å². The Labute approximate surface area is 102 Å². The van der Waals surface area contributed by atoms with E-state index in [2.05, 4.69) is 38.0 Å². The molecule has 0 radical (unpaired) electrons. The first-order chi connectivity index (χ1) is 8.04. The van der Waals surface area contributed by atoms with E-state index in [0.29, 0.717) is 6.54 Å². The van der Waals surface area contributed by atoms with Gasteiger partial charge in [0.1, 0.15) is 0 Å². The lowest BCUT2D eigenvalue weighted by atomic mass is 9.90. The van der Waals surface area contributed by atoms with Crippen LogP contribution in [-0.4, -0.2) is 16.3 Å². The molecule has 3 heteroatoms. The third-order valence-electron chi connectivity index (χ3n) is 3.16. The second-order valence-electron chi connectivity index (χ2n) is 5.02. The Balaban J connectivity index is 2.40. The third-order valence-corrected chi connectivity index (χ3v) is 3.16. The van der Waals surface area contributed by atoms with Crippen molar-refractivity contribution in [3.05, 3.63) is 47.8 Å². The Morgan fingerprint density at radius 2 is 1.94 bits per heavy atom. The minimum Gasteiger partial charge on any atom is -0.330 e. The van der Waals surface area contributed by atoms with E-state index in [1.54, 1.807) is 0 Å². The molecule has 0 bridgehead atoms. The highest BCUT2D eigenvalue weighted by Crippen LogP contribution is 2.21. The zero-order valence-electron chi connectivity index (χ0n) is 10.6. The molecule has 17 heavy (non-hydrogen) atoms. The summed E-state index contributed by atoms with van der Waals surface area (Å²) in [5, 5.41) is 4.62. The van der Waals surface area contributed by atoms with Crippen molar-refractivity contribution in [3.8, 4) is 5.69 Å². The fraction of sp³-hybridized carbons (Fsp3) is 0.357. The molecule has 0 aliphatic heterocycles. The molecule has 1 heterocycles. The predicted octanol–water partition coefficient (Wildman–Crippen LogP) is 2.42. The van der Waals surface area contributed by atoms with Gasteiger partial charge in [-0.3, -0.25) is 0 Å². The molecular weight excluding hydrogens is 210 g/mol. The highest BCUT2D eigenvalue weighted by atomic mass is 15.3. The molecule has 3 nitrogen and oxygen atoms in total. The molecule has 1 aromatic carbocycles. The average Bonchev–Trinajstić information content (AvgIpc) is 2.79. The van der Waals surface area contributed by atoms with Gasteiger partial charge in [0.2, 0.25) is 0 Å². The lowest BCUT2D eigenvalue weighted by molar-refractivity contribution is 0.515. The number of nitrogens with zero attached hydrogens (tertiary/aromatic N) is 2. The minimum atomic E-state index is -0.0755. The van der Waals surface area contributed by atoms with Crippen molar-refractivity contribution >= 4 is 0 Å². The normalized spacial score (nSPS) is 11.8. The van der Waals surface area contributed by atoms with Gasteiger partial charge in [0.05, 0.1) is 11.4 Å². The van der Waals surface area contributed by atoms with Crippen LogP contribution in [0.3, 0.4) is 0 Å². The summed E-state index contributed by atoms with van der Waals surface area (Å²) in [4.78, 5) is 0. The number of aromatic nitrogens is 2. The number of aryl methyl sites for hydroxylation is 1. The van der Waals surface area contributed by atoms with E-state index in [1.165, 1.54) is 5.56 Å². The van der Waals surface area contributed by atoms with Crippen molar-refractivity contribution < 1.29 is 0 Å². The van der Waals surface area contributed by atoms with Gasteiger partial charge in [0.25, 0.3) is 0 Å². The highest BCUT2D eigenvalue weighted by molar-refractivity contribution is 5.39. The van der Waals surface area contributed by atoms with Crippen LogP contribution in [0.1, 0.15) is 25.1 Å². The standard InChI is InChI=1S/C14H19N3/c1-11-6-4-5-7-12(11)17-9-8-13(16-17)14(2,3)10-15/h4-9H,10,15H2,1-3H3. The van der Waals surface area contributed by atoms with Gasteiger partial charge >= 0.3 is 0 Å². The van der Waals surface area contributed by atoms with Gasteiger partial charge in [-0.15, -0.1) is 0 Å². The molecule has 90 valence electrons. The van der Waals surface area contributed by atoms with Crippen LogP contribution in [0.25, 0.3) is 5.69 Å². The maximum absolute atomic E-state index is 5.77. The van der Waals surface area contributed by atoms with Gasteiger partial charge in [-0.05, 0) is 24.6 Å². The maximum Gasteiger partial charge on any atom is 0.0697 e. The summed E-state index contributed by atoms with van der Waals surface area (Å²) in [5.74, 6) is 0. The first-order valence-electron chi connectivity index (χ1n) is 5.87. The molecular formula is C14H19N3. The van der Waals surface area contributed by atoms with Crippen LogP contribution in [0.2, 0.25) is 0 Å². The van der Waals surface area contributed by atoms with Gasteiger partial charge in [-0.1, -0.05) is 32.0 Å². The van der Waals surface area contributed by atoms with Crippen molar-refractivity contribution in [2.75, 3.05) is 6.54 Å². The summed E-state index contributed by atoms with van der Waals surface area (Å²) in [6.45, 7) is 6.90.